The zero-order valence-electron chi connectivity index (χ0n) is 12.7. The molecule has 2 saturated heterocycles. The van der Waals surface area contributed by atoms with Crippen molar-refractivity contribution in [2.45, 2.75) is 19.3 Å². The average molecular weight is 307 g/mol. The zero-order chi connectivity index (χ0) is 15.9. The highest BCUT2D eigenvalue weighted by Crippen LogP contribution is 2.08. The summed E-state index contributed by atoms with van der Waals surface area (Å²) in [6.07, 6.45) is 6.61. The van der Waals surface area contributed by atoms with Crippen LogP contribution in [-0.4, -0.2) is 61.7 Å². The minimum Gasteiger partial charge on any atom is -0.333 e. The number of quaternary nitrogens is 1. The lowest BCUT2D eigenvalue weighted by atomic mass is 10.1. The molecule has 0 spiro atoms. The fraction of sp³-hybridized carbons (Fsp3) is 0.600. The second-order valence-electron chi connectivity index (χ2n) is 5.63. The lowest BCUT2D eigenvalue weighted by molar-refractivity contribution is -0.903. The number of nitrogens with one attached hydrogen (secondary N) is 2. The van der Waals surface area contributed by atoms with Gasteiger partial charge in [-0.15, -0.1) is 6.58 Å². The summed E-state index contributed by atoms with van der Waals surface area (Å²) in [7, 11) is 0. The number of piperidine rings is 1. The minimum atomic E-state index is -1.02. The van der Waals surface area contributed by atoms with E-state index in [4.69, 9.17) is 0 Å². The Morgan fingerprint density at radius 1 is 1.27 bits per heavy atom. The van der Waals surface area contributed by atoms with Gasteiger partial charge in [0.1, 0.15) is 0 Å². The van der Waals surface area contributed by atoms with Gasteiger partial charge in [-0.1, -0.05) is 6.08 Å². The van der Waals surface area contributed by atoms with Crippen LogP contribution in [0.1, 0.15) is 19.3 Å². The van der Waals surface area contributed by atoms with Gasteiger partial charge in [-0.25, -0.2) is 4.79 Å². The molecule has 0 radical (unpaired) electrons. The van der Waals surface area contributed by atoms with Gasteiger partial charge in [0.2, 0.25) is 11.8 Å². The van der Waals surface area contributed by atoms with Crippen LogP contribution in [0.4, 0.5) is 4.79 Å². The lowest BCUT2D eigenvalue weighted by Crippen LogP contribution is -3.13. The number of urea groups is 1. The molecular formula is C15H23N4O3+. The highest BCUT2D eigenvalue weighted by molar-refractivity contribution is 6.23. The fourth-order valence-electron chi connectivity index (χ4n) is 2.77. The molecule has 1 atom stereocenters. The molecule has 0 aromatic rings. The first-order valence-electron chi connectivity index (χ1n) is 7.74. The number of amides is 4. The second-order valence-corrected chi connectivity index (χ2v) is 5.63. The van der Waals surface area contributed by atoms with Gasteiger partial charge in [-0.3, -0.25) is 24.8 Å². The third-order valence-electron chi connectivity index (χ3n) is 4.01. The van der Waals surface area contributed by atoms with Gasteiger partial charge in [-0.2, -0.15) is 0 Å². The van der Waals surface area contributed by atoms with Gasteiger partial charge in [0.05, 0.1) is 26.2 Å². The number of aliphatic imine (C=N–C) groups is 1. The van der Waals surface area contributed by atoms with Crippen molar-refractivity contribution in [3.63, 3.8) is 0 Å². The third kappa shape index (κ3) is 4.00. The average Bonchev–Trinajstić information content (AvgIpc) is 2.51. The first kappa shape index (κ1) is 16.4. The number of hydrogen-bond donors (Lipinski definition) is 2. The highest BCUT2D eigenvalue weighted by atomic mass is 16.2. The number of rotatable bonds is 6. The molecule has 0 unspecified atom stereocenters. The normalized spacial score (nSPS) is 23.9. The van der Waals surface area contributed by atoms with Crippen LogP contribution in [0.2, 0.25) is 0 Å². The Kier molecular flexibility index (Phi) is 5.83. The van der Waals surface area contributed by atoms with Crippen LogP contribution in [0.3, 0.4) is 0 Å². The summed E-state index contributed by atoms with van der Waals surface area (Å²) in [6.45, 7) is 7.41. The molecule has 22 heavy (non-hydrogen) atoms. The van der Waals surface area contributed by atoms with E-state index in [1.54, 1.807) is 0 Å². The van der Waals surface area contributed by atoms with E-state index < -0.39 is 23.8 Å². The maximum absolute atomic E-state index is 12.1. The molecule has 0 aliphatic carbocycles. The van der Waals surface area contributed by atoms with Crippen molar-refractivity contribution < 1.29 is 19.3 Å². The number of nitrogens with zero attached hydrogens (tertiary/aromatic N) is 2. The molecule has 0 aromatic carbocycles. The maximum Gasteiger partial charge on any atom is 0.331 e. The van der Waals surface area contributed by atoms with E-state index in [0.717, 1.165) is 11.4 Å². The van der Waals surface area contributed by atoms with E-state index in [2.05, 4.69) is 16.9 Å². The molecule has 120 valence electrons. The van der Waals surface area contributed by atoms with Crippen molar-refractivity contribution in [2.75, 3.05) is 32.7 Å². The molecule has 0 saturated carbocycles. The molecule has 2 rings (SSSR count). The van der Waals surface area contributed by atoms with Gasteiger partial charge >= 0.3 is 6.03 Å². The van der Waals surface area contributed by atoms with E-state index in [0.29, 0.717) is 6.54 Å². The van der Waals surface area contributed by atoms with Crippen molar-refractivity contribution >= 4 is 24.1 Å². The monoisotopic (exact) mass is 307 g/mol. The van der Waals surface area contributed by atoms with E-state index >= 15 is 0 Å². The molecule has 2 aliphatic heterocycles. The Hall–Kier alpha value is -2.02. The van der Waals surface area contributed by atoms with Gasteiger partial charge < -0.3 is 4.90 Å². The standard InChI is InChI=1S/C15H22N4O3/c1-2-7-19-14(21)12(13(20)17-15(19)22)11-16-6-10-18-8-4-3-5-9-18/h2,11-12H,1,3-10H2,(H,17,20,22)/p+1/t12-/m0/s1. The maximum atomic E-state index is 12.1. The number of carbonyl (C=O) groups excluding carboxylic acids is 3. The highest BCUT2D eigenvalue weighted by Gasteiger charge is 2.38. The van der Waals surface area contributed by atoms with Crippen LogP contribution in [0, 0.1) is 5.92 Å². The number of hydrogen-bond acceptors (Lipinski definition) is 4. The van der Waals surface area contributed by atoms with Crippen LogP contribution in [0.25, 0.3) is 0 Å². The van der Waals surface area contributed by atoms with Crippen molar-refractivity contribution in [3.05, 3.63) is 12.7 Å². The van der Waals surface area contributed by atoms with Gasteiger partial charge in [0, 0.05) is 12.8 Å². The molecule has 0 aromatic heterocycles. The summed E-state index contributed by atoms with van der Waals surface area (Å²) in [5, 5.41) is 2.17. The Balaban J connectivity index is 1.87. The number of likely N-dealkylation sites (tertiary alicyclic amines) is 1. The Morgan fingerprint density at radius 3 is 2.68 bits per heavy atom. The summed E-state index contributed by atoms with van der Waals surface area (Å²) >= 11 is 0. The fourth-order valence-corrected chi connectivity index (χ4v) is 2.77. The topological polar surface area (TPSA) is 83.3 Å². The zero-order valence-corrected chi connectivity index (χ0v) is 12.7. The summed E-state index contributed by atoms with van der Waals surface area (Å²) in [4.78, 5) is 42.2. The second kappa shape index (κ2) is 7.84. The molecule has 4 amide bonds. The summed E-state index contributed by atoms with van der Waals surface area (Å²) < 4.78 is 0. The van der Waals surface area contributed by atoms with E-state index in [1.807, 2.05) is 0 Å². The Bertz CT molecular complexity index is 483. The number of imide groups is 2. The van der Waals surface area contributed by atoms with Gasteiger partial charge in [0.15, 0.2) is 5.92 Å². The molecule has 0 bridgehead atoms. The Morgan fingerprint density at radius 2 is 2.00 bits per heavy atom. The molecule has 7 heteroatoms. The summed E-state index contributed by atoms with van der Waals surface area (Å²) in [5.74, 6) is -2.17. The third-order valence-corrected chi connectivity index (χ3v) is 4.01. The predicted octanol–water partition coefficient (Wildman–Crippen LogP) is -0.993. The predicted molar refractivity (Wildman–Crippen MR) is 81.7 cm³/mol. The Labute approximate surface area is 130 Å². The van der Waals surface area contributed by atoms with Crippen LogP contribution in [0.5, 0.6) is 0 Å². The van der Waals surface area contributed by atoms with E-state index in [-0.39, 0.29) is 6.54 Å². The van der Waals surface area contributed by atoms with E-state index in [1.165, 1.54) is 49.5 Å². The van der Waals surface area contributed by atoms with Crippen molar-refractivity contribution in [1.29, 1.82) is 0 Å². The van der Waals surface area contributed by atoms with Crippen molar-refractivity contribution in [1.82, 2.24) is 10.2 Å². The molecule has 2 N–H and O–H groups in total. The molecule has 2 fully saturated rings. The SMILES string of the molecule is C=CCN1C(=O)NC(=O)[C@H](C=NCC[NH+]2CCCCC2)C1=O. The van der Waals surface area contributed by atoms with Crippen LogP contribution < -0.4 is 10.2 Å². The minimum absolute atomic E-state index is 0.0835. The quantitative estimate of drug-likeness (QED) is 0.375. The van der Waals surface area contributed by atoms with Crippen LogP contribution in [-0.2, 0) is 9.59 Å². The first-order chi connectivity index (χ1) is 10.6. The largest absolute Gasteiger partial charge is 0.333 e. The number of carbonyl (C=O) groups is 3. The van der Waals surface area contributed by atoms with E-state index in [9.17, 15) is 14.4 Å². The lowest BCUT2D eigenvalue weighted by Gasteiger charge is -2.27. The molecule has 2 aliphatic rings. The van der Waals surface area contributed by atoms with Crippen molar-refractivity contribution in [3.8, 4) is 0 Å². The first-order valence-corrected chi connectivity index (χ1v) is 7.74. The number of barbiturate groups is 1. The van der Waals surface area contributed by atoms with Crippen LogP contribution >= 0.6 is 0 Å². The molecule has 7 nitrogen and oxygen atoms in total. The molecular weight excluding hydrogens is 284 g/mol. The summed E-state index contributed by atoms with van der Waals surface area (Å²) in [5.41, 5.74) is 0. The van der Waals surface area contributed by atoms with Crippen molar-refractivity contribution in [2.24, 2.45) is 10.9 Å². The van der Waals surface area contributed by atoms with Crippen LogP contribution in [0.15, 0.2) is 17.6 Å². The van der Waals surface area contributed by atoms with Gasteiger partial charge in [0.25, 0.3) is 0 Å². The molecule has 2 heterocycles. The summed E-state index contributed by atoms with van der Waals surface area (Å²) in [6, 6.07) is -0.697. The smallest absolute Gasteiger partial charge is 0.331 e. The van der Waals surface area contributed by atoms with Gasteiger partial charge in [-0.05, 0) is 19.3 Å².